The minimum Gasteiger partial charge on any atom is -0.501 e. The molecule has 11 heavy (non-hydrogen) atoms. The number of methoxy groups -OCH3 is 1. The molecule has 0 aromatic heterocycles. The van der Waals surface area contributed by atoms with Gasteiger partial charge in [-0.25, -0.2) is 4.79 Å². The van der Waals surface area contributed by atoms with E-state index in [4.69, 9.17) is 9.84 Å². The third-order valence-corrected chi connectivity index (χ3v) is 1.46. The molecule has 0 aromatic rings. The van der Waals surface area contributed by atoms with E-state index < -0.39 is 5.97 Å². The standard InChI is InChI=1S/C8H14O3/c1-4-5-7(11-3)6(2)8(9)10/h4-5H2,1-3H3,(H,9,10). The first-order valence-corrected chi connectivity index (χ1v) is 3.60. The van der Waals surface area contributed by atoms with Crippen molar-refractivity contribution >= 4 is 5.97 Å². The molecular formula is C8H14O3. The summed E-state index contributed by atoms with van der Waals surface area (Å²) in [5.41, 5.74) is 0.300. The molecule has 0 radical (unpaired) electrons. The summed E-state index contributed by atoms with van der Waals surface area (Å²) >= 11 is 0. The van der Waals surface area contributed by atoms with E-state index in [1.165, 1.54) is 7.11 Å². The highest BCUT2D eigenvalue weighted by molar-refractivity contribution is 5.86. The van der Waals surface area contributed by atoms with Gasteiger partial charge in [-0.15, -0.1) is 0 Å². The smallest absolute Gasteiger partial charge is 0.334 e. The van der Waals surface area contributed by atoms with E-state index in [9.17, 15) is 4.79 Å². The predicted molar refractivity (Wildman–Crippen MR) is 42.3 cm³/mol. The van der Waals surface area contributed by atoms with Gasteiger partial charge in [0.15, 0.2) is 0 Å². The number of carbonyl (C=O) groups is 1. The quantitative estimate of drug-likeness (QED) is 0.501. The highest BCUT2D eigenvalue weighted by Crippen LogP contribution is 2.11. The molecule has 0 aliphatic rings. The van der Waals surface area contributed by atoms with Crippen molar-refractivity contribution in [2.75, 3.05) is 7.11 Å². The highest BCUT2D eigenvalue weighted by Gasteiger charge is 2.07. The van der Waals surface area contributed by atoms with Gasteiger partial charge in [0.2, 0.25) is 0 Å². The molecular weight excluding hydrogens is 144 g/mol. The molecule has 0 atom stereocenters. The van der Waals surface area contributed by atoms with Crippen molar-refractivity contribution in [2.24, 2.45) is 0 Å². The fourth-order valence-electron chi connectivity index (χ4n) is 0.789. The molecule has 0 rings (SSSR count). The Morgan fingerprint density at radius 1 is 1.55 bits per heavy atom. The minimum absolute atomic E-state index is 0.300. The molecule has 0 bridgehead atoms. The van der Waals surface area contributed by atoms with Crippen molar-refractivity contribution in [3.05, 3.63) is 11.3 Å². The summed E-state index contributed by atoms with van der Waals surface area (Å²) in [5.74, 6) is -0.338. The van der Waals surface area contributed by atoms with Crippen LogP contribution in [0.2, 0.25) is 0 Å². The molecule has 3 nitrogen and oxygen atoms in total. The molecule has 0 saturated carbocycles. The van der Waals surface area contributed by atoms with Crippen LogP contribution in [0.15, 0.2) is 11.3 Å². The van der Waals surface area contributed by atoms with E-state index in [2.05, 4.69) is 0 Å². The third kappa shape index (κ3) is 3.07. The van der Waals surface area contributed by atoms with Crippen LogP contribution in [0.1, 0.15) is 26.7 Å². The number of carboxylic acids is 1. The van der Waals surface area contributed by atoms with Crippen LogP contribution in [0.4, 0.5) is 0 Å². The largest absolute Gasteiger partial charge is 0.501 e. The fraction of sp³-hybridized carbons (Fsp3) is 0.625. The molecule has 0 amide bonds. The van der Waals surface area contributed by atoms with Crippen molar-refractivity contribution in [3.8, 4) is 0 Å². The Morgan fingerprint density at radius 3 is 2.36 bits per heavy atom. The molecule has 0 unspecified atom stereocenters. The van der Waals surface area contributed by atoms with Crippen LogP contribution in [0.25, 0.3) is 0 Å². The highest BCUT2D eigenvalue weighted by atomic mass is 16.5. The first-order valence-electron chi connectivity index (χ1n) is 3.60. The normalized spacial score (nSPS) is 12.3. The zero-order valence-corrected chi connectivity index (χ0v) is 7.18. The molecule has 1 N–H and O–H groups in total. The lowest BCUT2D eigenvalue weighted by Crippen LogP contribution is -2.02. The van der Waals surface area contributed by atoms with Crippen LogP contribution in [0, 0.1) is 0 Å². The van der Waals surface area contributed by atoms with Gasteiger partial charge in [-0.05, 0) is 13.3 Å². The number of carboxylic acid groups (broad SMARTS) is 1. The summed E-state index contributed by atoms with van der Waals surface area (Å²) in [4.78, 5) is 10.4. The molecule has 0 aliphatic heterocycles. The first kappa shape index (κ1) is 10.0. The fourth-order valence-corrected chi connectivity index (χ4v) is 0.789. The van der Waals surface area contributed by atoms with Crippen LogP contribution >= 0.6 is 0 Å². The number of rotatable bonds is 4. The average molecular weight is 158 g/mol. The monoisotopic (exact) mass is 158 g/mol. The zero-order valence-electron chi connectivity index (χ0n) is 7.18. The van der Waals surface area contributed by atoms with Crippen LogP contribution in [-0.4, -0.2) is 18.2 Å². The molecule has 64 valence electrons. The van der Waals surface area contributed by atoms with Gasteiger partial charge in [0.1, 0.15) is 5.76 Å². The predicted octanol–water partition coefficient (Wildman–Crippen LogP) is 1.79. The third-order valence-electron chi connectivity index (χ3n) is 1.46. The second-order valence-corrected chi connectivity index (χ2v) is 2.31. The van der Waals surface area contributed by atoms with Crippen LogP contribution in [0.3, 0.4) is 0 Å². The number of ether oxygens (including phenoxy) is 1. The van der Waals surface area contributed by atoms with Gasteiger partial charge in [0.05, 0.1) is 12.7 Å². The van der Waals surface area contributed by atoms with Gasteiger partial charge in [0.25, 0.3) is 0 Å². The molecule has 3 heteroatoms. The van der Waals surface area contributed by atoms with Crippen molar-refractivity contribution in [1.29, 1.82) is 0 Å². The molecule has 0 fully saturated rings. The Labute approximate surface area is 66.7 Å². The summed E-state index contributed by atoms with van der Waals surface area (Å²) in [6.07, 6.45) is 1.59. The molecule has 0 spiro atoms. The summed E-state index contributed by atoms with van der Waals surface area (Å²) in [6.45, 7) is 3.53. The number of hydrogen-bond donors (Lipinski definition) is 1. The van der Waals surface area contributed by atoms with Crippen molar-refractivity contribution < 1.29 is 14.6 Å². The van der Waals surface area contributed by atoms with E-state index in [-0.39, 0.29) is 0 Å². The molecule has 0 aromatic carbocycles. The van der Waals surface area contributed by atoms with E-state index in [0.29, 0.717) is 17.8 Å². The van der Waals surface area contributed by atoms with Crippen LogP contribution in [-0.2, 0) is 9.53 Å². The average Bonchev–Trinajstić information content (AvgIpc) is 1.98. The SMILES string of the molecule is CCCC(OC)=C(C)C(=O)O. The van der Waals surface area contributed by atoms with Gasteiger partial charge in [-0.3, -0.25) is 0 Å². The van der Waals surface area contributed by atoms with Crippen LogP contribution < -0.4 is 0 Å². The summed E-state index contributed by atoms with van der Waals surface area (Å²) in [7, 11) is 1.50. The lowest BCUT2D eigenvalue weighted by atomic mass is 10.2. The maximum Gasteiger partial charge on any atom is 0.334 e. The second kappa shape index (κ2) is 4.77. The van der Waals surface area contributed by atoms with Crippen molar-refractivity contribution in [1.82, 2.24) is 0 Å². The number of aliphatic carboxylic acids is 1. The Bertz CT molecular complexity index is 170. The van der Waals surface area contributed by atoms with E-state index in [1.54, 1.807) is 6.92 Å². The molecule has 0 aliphatic carbocycles. The maximum atomic E-state index is 10.4. The minimum atomic E-state index is -0.907. The van der Waals surface area contributed by atoms with Gasteiger partial charge < -0.3 is 9.84 Å². The van der Waals surface area contributed by atoms with Crippen molar-refractivity contribution in [3.63, 3.8) is 0 Å². The zero-order chi connectivity index (χ0) is 8.85. The van der Waals surface area contributed by atoms with Crippen molar-refractivity contribution in [2.45, 2.75) is 26.7 Å². The lowest BCUT2D eigenvalue weighted by molar-refractivity contribution is -0.132. The van der Waals surface area contributed by atoms with Gasteiger partial charge in [-0.2, -0.15) is 0 Å². The molecule has 0 heterocycles. The lowest BCUT2D eigenvalue weighted by Gasteiger charge is -2.05. The Balaban J connectivity index is 4.39. The second-order valence-electron chi connectivity index (χ2n) is 2.31. The Hall–Kier alpha value is -0.990. The van der Waals surface area contributed by atoms with Crippen LogP contribution in [0.5, 0.6) is 0 Å². The number of allylic oxidation sites excluding steroid dienone is 1. The first-order chi connectivity index (χ1) is 5.13. The molecule has 0 saturated heterocycles. The summed E-state index contributed by atoms with van der Waals surface area (Å²) in [6, 6.07) is 0. The topological polar surface area (TPSA) is 46.5 Å². The van der Waals surface area contributed by atoms with E-state index in [0.717, 1.165) is 6.42 Å². The van der Waals surface area contributed by atoms with E-state index >= 15 is 0 Å². The summed E-state index contributed by atoms with van der Waals surface area (Å²) < 4.78 is 4.91. The summed E-state index contributed by atoms with van der Waals surface area (Å²) in [5, 5.41) is 8.57. The van der Waals surface area contributed by atoms with E-state index in [1.807, 2.05) is 6.92 Å². The number of hydrogen-bond acceptors (Lipinski definition) is 2. The maximum absolute atomic E-state index is 10.4. The van der Waals surface area contributed by atoms with Gasteiger partial charge >= 0.3 is 5.97 Å². The Morgan fingerprint density at radius 2 is 2.09 bits per heavy atom. The Kier molecular flexibility index (Phi) is 4.34. The van der Waals surface area contributed by atoms with Gasteiger partial charge in [0, 0.05) is 6.42 Å². The van der Waals surface area contributed by atoms with Gasteiger partial charge in [-0.1, -0.05) is 6.92 Å².